The normalized spacial score (nSPS) is 10.0. The number of nitrogens with one attached hydrogen (secondary N) is 2. The molecule has 110 valence electrons. The molecule has 21 heavy (non-hydrogen) atoms. The van der Waals surface area contributed by atoms with Crippen molar-refractivity contribution in [3.63, 3.8) is 0 Å². The maximum Gasteiger partial charge on any atom is 0.258 e. The molecule has 0 aliphatic carbocycles. The van der Waals surface area contributed by atoms with Gasteiger partial charge >= 0.3 is 0 Å². The zero-order valence-corrected chi connectivity index (χ0v) is 12.5. The molecule has 0 heterocycles. The van der Waals surface area contributed by atoms with Crippen molar-refractivity contribution in [1.29, 1.82) is 0 Å². The minimum absolute atomic E-state index is 0.00745. The highest BCUT2D eigenvalue weighted by Crippen LogP contribution is 2.14. The lowest BCUT2D eigenvalue weighted by atomic mass is 10.2. The zero-order valence-electron chi connectivity index (χ0n) is 11.7. The number of carbonyl (C=O) groups is 1. The van der Waals surface area contributed by atoms with E-state index in [2.05, 4.69) is 10.6 Å². The monoisotopic (exact) mass is 304 g/mol. The maximum atomic E-state index is 11.7. The van der Waals surface area contributed by atoms with Crippen LogP contribution >= 0.6 is 11.6 Å². The number of anilines is 1. The van der Waals surface area contributed by atoms with Gasteiger partial charge in [0, 0.05) is 24.3 Å². The van der Waals surface area contributed by atoms with Gasteiger partial charge in [-0.25, -0.2) is 0 Å². The summed E-state index contributed by atoms with van der Waals surface area (Å²) >= 11 is 5.80. The summed E-state index contributed by atoms with van der Waals surface area (Å²) in [5, 5.41) is 6.49. The number of hydrogen-bond donors (Lipinski definition) is 2. The van der Waals surface area contributed by atoms with Crippen LogP contribution in [0.2, 0.25) is 5.02 Å². The number of amides is 1. The lowest BCUT2D eigenvalue weighted by molar-refractivity contribution is -0.123. The Hall–Kier alpha value is -2.20. The molecule has 0 aliphatic rings. The van der Waals surface area contributed by atoms with E-state index in [1.165, 1.54) is 0 Å². The van der Waals surface area contributed by atoms with Gasteiger partial charge in [-0.2, -0.15) is 0 Å². The zero-order chi connectivity index (χ0) is 15.1. The Bertz CT molecular complexity index is 582. The van der Waals surface area contributed by atoms with Crippen LogP contribution in [0.4, 0.5) is 5.69 Å². The van der Waals surface area contributed by atoms with Crippen molar-refractivity contribution in [2.75, 3.05) is 19.0 Å². The van der Waals surface area contributed by atoms with Gasteiger partial charge in [0.15, 0.2) is 6.61 Å². The van der Waals surface area contributed by atoms with Crippen molar-refractivity contribution in [3.05, 3.63) is 59.1 Å². The molecule has 4 nitrogen and oxygen atoms in total. The van der Waals surface area contributed by atoms with E-state index in [-0.39, 0.29) is 12.5 Å². The molecule has 0 radical (unpaired) electrons. The Morgan fingerprint density at radius 3 is 2.38 bits per heavy atom. The van der Waals surface area contributed by atoms with E-state index in [4.69, 9.17) is 16.3 Å². The van der Waals surface area contributed by atoms with Crippen molar-refractivity contribution >= 4 is 23.2 Å². The fourth-order valence-electron chi connectivity index (χ4n) is 1.72. The summed E-state index contributed by atoms with van der Waals surface area (Å²) < 4.78 is 5.41. The average molecular weight is 305 g/mol. The fourth-order valence-corrected chi connectivity index (χ4v) is 1.85. The quantitative estimate of drug-likeness (QED) is 0.862. The summed E-state index contributed by atoms with van der Waals surface area (Å²) in [6.07, 6.45) is 0. The molecular formula is C16H17ClN2O2. The molecule has 0 fully saturated rings. The summed E-state index contributed by atoms with van der Waals surface area (Å²) in [4.78, 5) is 11.7. The first-order valence-electron chi connectivity index (χ1n) is 6.59. The van der Waals surface area contributed by atoms with Gasteiger partial charge in [0.2, 0.25) is 0 Å². The van der Waals surface area contributed by atoms with Crippen LogP contribution in [0, 0.1) is 0 Å². The van der Waals surface area contributed by atoms with Gasteiger partial charge in [-0.3, -0.25) is 4.79 Å². The third-order valence-electron chi connectivity index (χ3n) is 2.92. The number of benzene rings is 2. The van der Waals surface area contributed by atoms with Crippen LogP contribution < -0.4 is 15.4 Å². The van der Waals surface area contributed by atoms with Gasteiger partial charge in [0.25, 0.3) is 5.91 Å². The van der Waals surface area contributed by atoms with E-state index < -0.39 is 0 Å². The number of halogens is 1. The molecule has 0 atom stereocenters. The number of carbonyl (C=O) groups excluding carboxylic acids is 1. The molecule has 2 rings (SSSR count). The highest BCUT2D eigenvalue weighted by Gasteiger charge is 2.03. The molecule has 0 unspecified atom stereocenters. The first-order valence-corrected chi connectivity index (χ1v) is 6.97. The summed E-state index contributed by atoms with van der Waals surface area (Å²) in [6, 6.07) is 14.8. The van der Waals surface area contributed by atoms with Crippen LogP contribution in [0.5, 0.6) is 5.75 Å². The summed E-state index contributed by atoms with van der Waals surface area (Å²) in [6.45, 7) is 0.449. The van der Waals surface area contributed by atoms with E-state index in [0.717, 1.165) is 11.3 Å². The van der Waals surface area contributed by atoms with Gasteiger partial charge in [-0.15, -0.1) is 0 Å². The van der Waals surface area contributed by atoms with Gasteiger partial charge in [-0.05, 0) is 42.0 Å². The largest absolute Gasteiger partial charge is 0.484 e. The number of hydrogen-bond acceptors (Lipinski definition) is 3. The topological polar surface area (TPSA) is 50.4 Å². The minimum Gasteiger partial charge on any atom is -0.484 e. The molecule has 0 saturated carbocycles. The second-order valence-corrected chi connectivity index (χ2v) is 4.90. The molecule has 2 aromatic carbocycles. The second-order valence-electron chi connectivity index (χ2n) is 4.47. The minimum atomic E-state index is -0.164. The Balaban J connectivity index is 1.75. The van der Waals surface area contributed by atoms with E-state index >= 15 is 0 Å². The highest BCUT2D eigenvalue weighted by atomic mass is 35.5. The first-order chi connectivity index (χ1) is 10.2. The van der Waals surface area contributed by atoms with Crippen molar-refractivity contribution in [2.45, 2.75) is 6.54 Å². The van der Waals surface area contributed by atoms with Gasteiger partial charge in [0.05, 0.1) is 0 Å². The predicted molar refractivity (Wildman–Crippen MR) is 84.8 cm³/mol. The Kier molecular flexibility index (Phi) is 5.46. The molecule has 1 amide bonds. The van der Waals surface area contributed by atoms with E-state index in [1.807, 2.05) is 43.4 Å². The molecule has 0 aliphatic heterocycles. The SMILES string of the molecule is CNc1ccc(OCC(=O)NCc2ccc(Cl)cc2)cc1. The third-order valence-corrected chi connectivity index (χ3v) is 3.17. The van der Waals surface area contributed by atoms with Crippen LogP contribution in [-0.4, -0.2) is 19.6 Å². The smallest absolute Gasteiger partial charge is 0.258 e. The highest BCUT2D eigenvalue weighted by molar-refractivity contribution is 6.30. The number of ether oxygens (including phenoxy) is 1. The molecule has 2 aromatic rings. The van der Waals surface area contributed by atoms with Crippen LogP contribution in [0.25, 0.3) is 0 Å². The van der Waals surface area contributed by atoms with Crippen LogP contribution in [0.15, 0.2) is 48.5 Å². The fraction of sp³-hybridized carbons (Fsp3) is 0.188. The molecular weight excluding hydrogens is 288 g/mol. The van der Waals surface area contributed by atoms with Crippen LogP contribution in [0.3, 0.4) is 0 Å². The Morgan fingerprint density at radius 1 is 1.10 bits per heavy atom. The van der Waals surface area contributed by atoms with Crippen molar-refractivity contribution < 1.29 is 9.53 Å². The first kappa shape index (κ1) is 15.2. The molecule has 0 aromatic heterocycles. The van der Waals surface area contributed by atoms with Gasteiger partial charge in [0.1, 0.15) is 5.75 Å². The number of rotatable bonds is 6. The van der Waals surface area contributed by atoms with Crippen LogP contribution in [0.1, 0.15) is 5.56 Å². The van der Waals surface area contributed by atoms with E-state index in [1.54, 1.807) is 12.1 Å². The average Bonchev–Trinajstić information content (AvgIpc) is 2.53. The van der Waals surface area contributed by atoms with Crippen molar-refractivity contribution in [3.8, 4) is 5.75 Å². The molecule has 0 bridgehead atoms. The lowest BCUT2D eigenvalue weighted by Gasteiger charge is -2.08. The maximum absolute atomic E-state index is 11.7. The van der Waals surface area contributed by atoms with Crippen molar-refractivity contribution in [1.82, 2.24) is 5.32 Å². The molecule has 2 N–H and O–H groups in total. The summed E-state index contributed by atoms with van der Waals surface area (Å²) in [5.74, 6) is 0.498. The predicted octanol–water partition coefficient (Wildman–Crippen LogP) is 3.08. The third kappa shape index (κ3) is 5.00. The lowest BCUT2D eigenvalue weighted by Crippen LogP contribution is -2.28. The second kappa shape index (κ2) is 7.55. The summed E-state index contributed by atoms with van der Waals surface area (Å²) in [5.41, 5.74) is 1.99. The molecule has 5 heteroatoms. The van der Waals surface area contributed by atoms with Gasteiger partial charge in [-0.1, -0.05) is 23.7 Å². The summed E-state index contributed by atoms with van der Waals surface area (Å²) in [7, 11) is 1.85. The van der Waals surface area contributed by atoms with E-state index in [0.29, 0.717) is 17.3 Å². The molecule has 0 saturated heterocycles. The Morgan fingerprint density at radius 2 is 1.76 bits per heavy atom. The molecule has 0 spiro atoms. The standard InChI is InChI=1S/C16H17ClN2O2/c1-18-14-6-8-15(9-7-14)21-11-16(20)19-10-12-2-4-13(17)5-3-12/h2-9,18H,10-11H2,1H3,(H,19,20). The Labute approximate surface area is 129 Å². The van der Waals surface area contributed by atoms with Gasteiger partial charge < -0.3 is 15.4 Å². The van der Waals surface area contributed by atoms with Crippen molar-refractivity contribution in [2.24, 2.45) is 0 Å². The van der Waals surface area contributed by atoms with Crippen LogP contribution in [-0.2, 0) is 11.3 Å². The van der Waals surface area contributed by atoms with E-state index in [9.17, 15) is 4.79 Å².